The minimum absolute atomic E-state index is 0.261. The number of phenolic OH excluding ortho intramolecular Hbond substituents is 1. The molecule has 0 amide bonds. The van der Waals surface area contributed by atoms with Crippen molar-refractivity contribution >= 4 is 24.2 Å². The molecule has 1 rings (SSSR count). The van der Waals surface area contributed by atoms with Crippen LogP contribution in [0.4, 0.5) is 0 Å². The lowest BCUT2D eigenvalue weighted by atomic mass is 10.2. The Bertz CT molecular complexity index is 329. The Kier molecular flexibility index (Phi) is 8.17. The number of aromatic hydroxyl groups is 1. The van der Waals surface area contributed by atoms with Gasteiger partial charge in [-0.05, 0) is 37.1 Å². The van der Waals surface area contributed by atoms with Crippen LogP contribution in [0.2, 0.25) is 5.02 Å². The summed E-state index contributed by atoms with van der Waals surface area (Å²) in [5.41, 5.74) is 0.900. The second-order valence-corrected chi connectivity index (χ2v) is 3.60. The van der Waals surface area contributed by atoms with Crippen molar-refractivity contribution in [1.82, 2.24) is 0 Å². The zero-order valence-corrected chi connectivity index (χ0v) is 9.91. The number of carbonyl (C=O) groups excluding carboxylic acids is 2. The maximum atomic E-state index is 9.56. The van der Waals surface area contributed by atoms with E-state index < -0.39 is 0 Å². The smallest absolute Gasteiger partial charge is 0.120 e. The number of hydrogen-bond donors (Lipinski definition) is 1. The molecule has 0 fully saturated rings. The predicted molar refractivity (Wildman–Crippen MR) is 63.8 cm³/mol. The van der Waals surface area contributed by atoms with Crippen LogP contribution in [-0.2, 0) is 9.59 Å². The molecule has 1 N–H and O–H groups in total. The Hall–Kier alpha value is -1.35. The molecular formula is C12H15ClO3. The average Bonchev–Trinajstić information content (AvgIpc) is 2.26. The SMILES string of the molecule is Cc1cc(O)ccc1Cl.O=CCCCC=O. The van der Waals surface area contributed by atoms with Gasteiger partial charge in [0.05, 0.1) is 0 Å². The van der Waals surface area contributed by atoms with Gasteiger partial charge in [-0.25, -0.2) is 0 Å². The van der Waals surface area contributed by atoms with Crippen molar-refractivity contribution in [2.24, 2.45) is 0 Å². The summed E-state index contributed by atoms with van der Waals surface area (Å²) in [6.07, 6.45) is 3.37. The molecule has 0 aliphatic rings. The van der Waals surface area contributed by atoms with E-state index in [9.17, 15) is 9.59 Å². The van der Waals surface area contributed by atoms with Crippen LogP contribution >= 0.6 is 11.6 Å². The lowest BCUT2D eigenvalue weighted by Crippen LogP contribution is -1.76. The Morgan fingerprint density at radius 1 is 1.25 bits per heavy atom. The molecule has 0 radical (unpaired) electrons. The van der Waals surface area contributed by atoms with Gasteiger partial charge in [-0.15, -0.1) is 0 Å². The summed E-state index contributed by atoms with van der Waals surface area (Å²) in [7, 11) is 0. The van der Waals surface area contributed by atoms with Gasteiger partial charge in [0.25, 0.3) is 0 Å². The van der Waals surface area contributed by atoms with Crippen molar-refractivity contribution in [2.45, 2.75) is 26.2 Å². The minimum atomic E-state index is 0.261. The molecule has 1 aromatic rings. The molecule has 16 heavy (non-hydrogen) atoms. The quantitative estimate of drug-likeness (QED) is 0.652. The summed E-state index contributed by atoms with van der Waals surface area (Å²) in [6, 6.07) is 4.86. The van der Waals surface area contributed by atoms with Gasteiger partial charge < -0.3 is 14.7 Å². The monoisotopic (exact) mass is 242 g/mol. The molecule has 0 saturated heterocycles. The van der Waals surface area contributed by atoms with E-state index in [-0.39, 0.29) is 5.75 Å². The molecule has 0 aliphatic heterocycles. The van der Waals surface area contributed by atoms with Crippen LogP contribution in [0.1, 0.15) is 24.8 Å². The average molecular weight is 243 g/mol. The number of unbranched alkanes of at least 4 members (excludes halogenated alkanes) is 2. The molecule has 0 aromatic heterocycles. The number of aryl methyl sites for hydroxylation is 1. The summed E-state index contributed by atoms with van der Waals surface area (Å²) in [4.78, 5) is 19.1. The molecule has 0 saturated carbocycles. The van der Waals surface area contributed by atoms with Gasteiger partial charge >= 0.3 is 0 Å². The van der Waals surface area contributed by atoms with Crippen LogP contribution in [-0.4, -0.2) is 17.7 Å². The molecule has 1 aromatic carbocycles. The first kappa shape index (κ1) is 14.6. The predicted octanol–water partition coefficient (Wildman–Crippen LogP) is 2.91. The van der Waals surface area contributed by atoms with Crippen LogP contribution in [0, 0.1) is 6.92 Å². The molecule has 3 nitrogen and oxygen atoms in total. The van der Waals surface area contributed by atoms with Crippen LogP contribution in [0.5, 0.6) is 5.75 Å². The standard InChI is InChI=1S/C7H7ClO.C5H8O2/c1-5-4-6(9)2-3-7(5)8;6-4-2-1-3-5-7/h2-4,9H,1H3;4-5H,1-3H2. The highest BCUT2D eigenvalue weighted by atomic mass is 35.5. The van der Waals surface area contributed by atoms with E-state index in [4.69, 9.17) is 16.7 Å². The van der Waals surface area contributed by atoms with E-state index in [1.165, 1.54) is 0 Å². The third-order valence-electron chi connectivity index (χ3n) is 1.79. The van der Waals surface area contributed by atoms with Crippen LogP contribution < -0.4 is 0 Å². The third-order valence-corrected chi connectivity index (χ3v) is 2.21. The van der Waals surface area contributed by atoms with Gasteiger partial charge in [-0.3, -0.25) is 0 Å². The number of phenols is 1. The van der Waals surface area contributed by atoms with E-state index in [0.717, 1.165) is 18.1 Å². The van der Waals surface area contributed by atoms with E-state index in [1.807, 2.05) is 6.92 Å². The van der Waals surface area contributed by atoms with E-state index >= 15 is 0 Å². The van der Waals surface area contributed by atoms with E-state index in [2.05, 4.69) is 0 Å². The Morgan fingerprint density at radius 2 is 1.81 bits per heavy atom. The number of rotatable bonds is 4. The van der Waals surface area contributed by atoms with Gasteiger partial charge in [0, 0.05) is 17.9 Å². The first-order chi connectivity index (χ1) is 7.61. The zero-order valence-electron chi connectivity index (χ0n) is 9.15. The molecule has 0 spiro atoms. The van der Waals surface area contributed by atoms with Gasteiger partial charge in [0.2, 0.25) is 0 Å². The lowest BCUT2D eigenvalue weighted by molar-refractivity contribution is -0.108. The number of halogens is 1. The molecule has 0 unspecified atom stereocenters. The van der Waals surface area contributed by atoms with E-state index in [0.29, 0.717) is 24.3 Å². The summed E-state index contributed by atoms with van der Waals surface area (Å²) >= 11 is 5.67. The molecule has 0 aliphatic carbocycles. The maximum Gasteiger partial charge on any atom is 0.120 e. The zero-order chi connectivity index (χ0) is 12.4. The topological polar surface area (TPSA) is 54.4 Å². The van der Waals surface area contributed by atoms with Gasteiger partial charge in [-0.1, -0.05) is 11.6 Å². The van der Waals surface area contributed by atoms with Gasteiger partial charge in [0.15, 0.2) is 0 Å². The highest BCUT2D eigenvalue weighted by molar-refractivity contribution is 6.31. The van der Waals surface area contributed by atoms with Crippen molar-refractivity contribution in [2.75, 3.05) is 0 Å². The second kappa shape index (κ2) is 8.92. The number of carbonyl (C=O) groups is 2. The largest absolute Gasteiger partial charge is 0.508 e. The molecule has 0 heterocycles. The Morgan fingerprint density at radius 3 is 2.19 bits per heavy atom. The fourth-order valence-corrected chi connectivity index (χ4v) is 1.03. The number of aldehydes is 2. The summed E-state index contributed by atoms with van der Waals surface area (Å²) < 4.78 is 0. The number of hydrogen-bond acceptors (Lipinski definition) is 3. The lowest BCUT2D eigenvalue weighted by Gasteiger charge is -1.95. The normalized spacial score (nSPS) is 8.88. The molecule has 0 bridgehead atoms. The Balaban J connectivity index is 0.000000293. The molecule has 0 atom stereocenters. The highest BCUT2D eigenvalue weighted by Crippen LogP contribution is 2.19. The van der Waals surface area contributed by atoms with Crippen molar-refractivity contribution in [3.05, 3.63) is 28.8 Å². The van der Waals surface area contributed by atoms with Crippen molar-refractivity contribution in [1.29, 1.82) is 0 Å². The first-order valence-corrected chi connectivity index (χ1v) is 5.32. The maximum absolute atomic E-state index is 9.56. The van der Waals surface area contributed by atoms with Crippen LogP contribution in [0.15, 0.2) is 18.2 Å². The van der Waals surface area contributed by atoms with Crippen molar-refractivity contribution in [3.8, 4) is 5.75 Å². The second-order valence-electron chi connectivity index (χ2n) is 3.20. The fraction of sp³-hybridized carbons (Fsp3) is 0.333. The van der Waals surface area contributed by atoms with Gasteiger partial charge in [-0.2, -0.15) is 0 Å². The van der Waals surface area contributed by atoms with Gasteiger partial charge in [0.1, 0.15) is 18.3 Å². The highest BCUT2D eigenvalue weighted by Gasteiger charge is 1.93. The summed E-state index contributed by atoms with van der Waals surface area (Å²) in [5.74, 6) is 0.261. The molecular weight excluding hydrogens is 228 g/mol. The van der Waals surface area contributed by atoms with Crippen LogP contribution in [0.25, 0.3) is 0 Å². The fourth-order valence-electron chi connectivity index (χ4n) is 0.913. The summed E-state index contributed by atoms with van der Waals surface area (Å²) in [6.45, 7) is 1.85. The minimum Gasteiger partial charge on any atom is -0.508 e. The van der Waals surface area contributed by atoms with Crippen molar-refractivity contribution < 1.29 is 14.7 Å². The van der Waals surface area contributed by atoms with E-state index in [1.54, 1.807) is 18.2 Å². The summed E-state index contributed by atoms with van der Waals surface area (Å²) in [5, 5.41) is 9.57. The third kappa shape index (κ3) is 7.01. The molecule has 88 valence electrons. The Labute approximate surface area is 100 Å². The number of benzene rings is 1. The first-order valence-electron chi connectivity index (χ1n) is 4.94. The molecule has 4 heteroatoms. The van der Waals surface area contributed by atoms with Crippen LogP contribution in [0.3, 0.4) is 0 Å². The van der Waals surface area contributed by atoms with Crippen molar-refractivity contribution in [3.63, 3.8) is 0 Å².